The van der Waals surface area contributed by atoms with Crippen molar-refractivity contribution in [3.8, 4) is 0 Å². The number of rotatable bonds is 6. The van der Waals surface area contributed by atoms with Crippen molar-refractivity contribution in [3.63, 3.8) is 0 Å². The summed E-state index contributed by atoms with van der Waals surface area (Å²) in [5.41, 5.74) is -1.92. The van der Waals surface area contributed by atoms with Gasteiger partial charge in [-0.25, -0.2) is 0 Å². The molecule has 2 aliphatic heterocycles. The molecule has 212 valence electrons. The number of halogens is 6. The van der Waals surface area contributed by atoms with E-state index in [1.54, 1.807) is 24.3 Å². The highest BCUT2D eigenvalue weighted by Crippen LogP contribution is 2.38. The number of amides is 1. The zero-order valence-corrected chi connectivity index (χ0v) is 21.7. The summed E-state index contributed by atoms with van der Waals surface area (Å²) >= 11 is 1.22. The molecule has 2 aliphatic rings. The minimum Gasteiger partial charge on any atom is -0.379 e. The first-order chi connectivity index (χ1) is 19.0. The lowest BCUT2D eigenvalue weighted by atomic mass is 10.0. The predicted octanol–water partition coefficient (Wildman–Crippen LogP) is 5.01. The molecule has 1 saturated heterocycles. The van der Waals surface area contributed by atoms with Gasteiger partial charge in [0.1, 0.15) is 0 Å². The third-order valence-electron chi connectivity index (χ3n) is 6.45. The second-order valence-electron chi connectivity index (χ2n) is 9.20. The summed E-state index contributed by atoms with van der Waals surface area (Å²) in [5.74, 6) is -0.378. The van der Waals surface area contributed by atoms with E-state index in [0.29, 0.717) is 52.4 Å². The molecular weight excluding hydrogens is 560 g/mol. The maximum Gasteiger partial charge on any atom is 0.416 e. The highest BCUT2D eigenvalue weighted by Gasteiger charge is 2.38. The van der Waals surface area contributed by atoms with Gasteiger partial charge in [-0.1, -0.05) is 12.1 Å². The number of fused-ring (bicyclic) bond motifs is 1. The Labute approximate surface area is 228 Å². The second kappa shape index (κ2) is 11.3. The first kappa shape index (κ1) is 28.2. The number of aromatic nitrogens is 2. The van der Waals surface area contributed by atoms with E-state index in [-0.39, 0.29) is 24.1 Å². The number of aliphatic imine (C=N–C) groups is 1. The van der Waals surface area contributed by atoms with Crippen molar-refractivity contribution in [2.24, 2.45) is 4.99 Å². The average Bonchev–Trinajstić information content (AvgIpc) is 3.45. The third kappa shape index (κ3) is 6.50. The van der Waals surface area contributed by atoms with Gasteiger partial charge in [-0.15, -0.1) is 0 Å². The van der Waals surface area contributed by atoms with Gasteiger partial charge >= 0.3 is 12.4 Å². The Kier molecular flexibility index (Phi) is 7.93. The number of morpholine rings is 1. The highest BCUT2D eigenvalue weighted by molar-refractivity contribution is 8.18. The van der Waals surface area contributed by atoms with E-state index in [2.05, 4.69) is 20.3 Å². The quantitative estimate of drug-likeness (QED) is 0.325. The molecule has 3 aromatic rings. The molecule has 0 radical (unpaired) electrons. The van der Waals surface area contributed by atoms with E-state index in [9.17, 15) is 31.1 Å². The lowest BCUT2D eigenvalue weighted by molar-refractivity contribution is -0.143. The molecule has 7 nitrogen and oxygen atoms in total. The highest BCUT2D eigenvalue weighted by atomic mass is 32.2. The van der Waals surface area contributed by atoms with Crippen molar-refractivity contribution in [1.29, 1.82) is 0 Å². The molecule has 40 heavy (non-hydrogen) atoms. The SMILES string of the molecule is O=C1N=C(NCCN2CCOCC2)S/C1=C\c1ccc2c(cnn2Cc2ccc(C(F)(F)F)cc2C(F)(F)F)c1. The number of hydrogen-bond donors (Lipinski definition) is 1. The maximum absolute atomic E-state index is 13.6. The normalized spacial score (nSPS) is 18.1. The lowest BCUT2D eigenvalue weighted by Gasteiger charge is -2.26. The number of thioether (sulfide) groups is 1. The van der Waals surface area contributed by atoms with E-state index in [4.69, 9.17) is 4.74 Å². The Morgan fingerprint density at radius 3 is 2.52 bits per heavy atom. The molecular formula is C26H23F6N5O2S. The standard InChI is InChI=1S/C26H23F6N5O2S/c27-25(28,29)19-3-2-17(20(13-19)26(30,31)32)15-37-21-4-1-16(11-18(21)14-34-37)12-22-23(38)35-24(40-22)33-5-6-36-7-9-39-10-8-36/h1-4,11-14H,5-10,15H2,(H,33,35,38)/b22-12-. The van der Waals surface area contributed by atoms with Crippen molar-refractivity contribution in [2.75, 3.05) is 39.4 Å². The fourth-order valence-corrected chi connectivity index (χ4v) is 5.26. The summed E-state index contributed by atoms with van der Waals surface area (Å²) in [7, 11) is 0. The molecule has 0 bridgehead atoms. The number of amidine groups is 1. The van der Waals surface area contributed by atoms with Crippen LogP contribution in [0.15, 0.2) is 52.5 Å². The van der Waals surface area contributed by atoms with Crippen molar-refractivity contribution in [2.45, 2.75) is 18.9 Å². The summed E-state index contributed by atoms with van der Waals surface area (Å²) in [4.78, 5) is 19.1. The van der Waals surface area contributed by atoms with Crippen LogP contribution >= 0.6 is 11.8 Å². The number of benzene rings is 2. The van der Waals surface area contributed by atoms with Crippen LogP contribution in [0.25, 0.3) is 17.0 Å². The van der Waals surface area contributed by atoms with Crippen LogP contribution in [0.4, 0.5) is 26.3 Å². The molecule has 1 aromatic heterocycles. The fraction of sp³-hybridized carbons (Fsp3) is 0.346. The largest absolute Gasteiger partial charge is 0.416 e. The Hall–Kier alpha value is -3.36. The summed E-state index contributed by atoms with van der Waals surface area (Å²) in [6.45, 7) is 4.18. The molecule has 0 spiro atoms. The van der Waals surface area contributed by atoms with Crippen LogP contribution in [-0.2, 0) is 28.4 Å². The van der Waals surface area contributed by atoms with Crippen molar-refractivity contribution in [1.82, 2.24) is 20.0 Å². The van der Waals surface area contributed by atoms with Gasteiger partial charge < -0.3 is 10.1 Å². The molecule has 2 aromatic carbocycles. The van der Waals surface area contributed by atoms with Gasteiger partial charge in [-0.2, -0.15) is 36.4 Å². The van der Waals surface area contributed by atoms with Gasteiger partial charge in [-0.3, -0.25) is 14.4 Å². The number of nitrogens with zero attached hydrogens (tertiary/aromatic N) is 4. The Bertz CT molecular complexity index is 1470. The van der Waals surface area contributed by atoms with Gasteiger partial charge in [0.25, 0.3) is 5.91 Å². The molecule has 0 atom stereocenters. The molecule has 3 heterocycles. The number of alkyl halides is 6. The Balaban J connectivity index is 1.28. The van der Waals surface area contributed by atoms with Crippen molar-refractivity contribution < 1.29 is 35.9 Å². The molecule has 0 saturated carbocycles. The first-order valence-corrected chi connectivity index (χ1v) is 13.1. The van der Waals surface area contributed by atoms with Crippen LogP contribution in [-0.4, -0.2) is 65.1 Å². The molecule has 0 aliphatic carbocycles. The molecule has 14 heteroatoms. The number of hydrogen-bond acceptors (Lipinski definition) is 6. The summed E-state index contributed by atoms with van der Waals surface area (Å²) < 4.78 is 86.3. The first-order valence-electron chi connectivity index (χ1n) is 12.3. The molecule has 1 N–H and O–H groups in total. The van der Waals surface area contributed by atoms with E-state index in [1.165, 1.54) is 22.6 Å². The molecule has 1 fully saturated rings. The van der Waals surface area contributed by atoms with Crippen LogP contribution in [0.5, 0.6) is 0 Å². The summed E-state index contributed by atoms with van der Waals surface area (Å²) in [6.07, 6.45) is -6.75. The van der Waals surface area contributed by atoms with Crippen LogP contribution in [0.1, 0.15) is 22.3 Å². The number of carbonyl (C=O) groups is 1. The van der Waals surface area contributed by atoms with E-state index in [0.717, 1.165) is 25.7 Å². The Morgan fingerprint density at radius 1 is 1.02 bits per heavy atom. The minimum atomic E-state index is -4.97. The molecule has 1 amide bonds. The third-order valence-corrected chi connectivity index (χ3v) is 7.40. The lowest BCUT2D eigenvalue weighted by Crippen LogP contribution is -2.40. The van der Waals surface area contributed by atoms with Gasteiger partial charge in [0.05, 0.1) is 47.5 Å². The predicted molar refractivity (Wildman–Crippen MR) is 139 cm³/mol. The molecule has 5 rings (SSSR count). The number of nitrogens with one attached hydrogen (secondary N) is 1. The Morgan fingerprint density at radius 2 is 1.80 bits per heavy atom. The smallest absolute Gasteiger partial charge is 0.379 e. The van der Waals surface area contributed by atoms with E-state index in [1.807, 2.05) is 0 Å². The van der Waals surface area contributed by atoms with Gasteiger partial charge in [-0.05, 0) is 53.2 Å². The summed E-state index contributed by atoms with van der Waals surface area (Å²) in [6, 6.07) is 6.62. The minimum absolute atomic E-state index is 0.120. The van der Waals surface area contributed by atoms with Crippen LogP contribution < -0.4 is 5.32 Å². The van der Waals surface area contributed by atoms with Gasteiger partial charge in [0.2, 0.25) is 0 Å². The second-order valence-corrected chi connectivity index (χ2v) is 10.2. The van der Waals surface area contributed by atoms with Gasteiger partial charge in [0.15, 0.2) is 5.17 Å². The summed E-state index contributed by atoms with van der Waals surface area (Å²) in [5, 5.41) is 8.42. The average molecular weight is 584 g/mol. The monoisotopic (exact) mass is 583 g/mol. The van der Waals surface area contributed by atoms with Crippen LogP contribution in [0.2, 0.25) is 0 Å². The zero-order chi connectivity index (χ0) is 28.5. The maximum atomic E-state index is 13.6. The van der Waals surface area contributed by atoms with E-state index < -0.39 is 23.5 Å². The molecule has 0 unspecified atom stereocenters. The number of ether oxygens (including phenoxy) is 1. The number of carbonyl (C=O) groups excluding carboxylic acids is 1. The fourth-order valence-electron chi connectivity index (χ4n) is 4.42. The van der Waals surface area contributed by atoms with Crippen molar-refractivity contribution >= 4 is 39.8 Å². The van der Waals surface area contributed by atoms with Crippen molar-refractivity contribution in [3.05, 3.63) is 69.8 Å². The van der Waals surface area contributed by atoms with E-state index >= 15 is 0 Å². The zero-order valence-electron chi connectivity index (χ0n) is 20.8. The van der Waals surface area contributed by atoms with Gasteiger partial charge in [0, 0.05) is 31.6 Å². The topological polar surface area (TPSA) is 71.8 Å². The van der Waals surface area contributed by atoms with Crippen LogP contribution in [0, 0.1) is 0 Å². The van der Waals surface area contributed by atoms with Crippen LogP contribution in [0.3, 0.4) is 0 Å².